The van der Waals surface area contributed by atoms with E-state index in [0.29, 0.717) is 12.2 Å². The van der Waals surface area contributed by atoms with Crippen molar-refractivity contribution >= 4 is 5.97 Å². The molecular formula is C12H22O8. The SMILES string of the molecule is C(OCC1CO1)C1CO1.C=CC(=O)O.OCC(O)CO. The van der Waals surface area contributed by atoms with Crippen molar-refractivity contribution in [3.8, 4) is 0 Å². The summed E-state index contributed by atoms with van der Waals surface area (Å²) < 4.78 is 15.1. The number of aliphatic carboxylic acids is 1. The molecule has 4 N–H and O–H groups in total. The van der Waals surface area contributed by atoms with E-state index in [-0.39, 0.29) is 13.2 Å². The van der Waals surface area contributed by atoms with E-state index in [9.17, 15) is 4.79 Å². The molecule has 118 valence electrons. The van der Waals surface area contributed by atoms with Crippen LogP contribution in [0, 0.1) is 0 Å². The van der Waals surface area contributed by atoms with Gasteiger partial charge >= 0.3 is 5.97 Å². The van der Waals surface area contributed by atoms with Gasteiger partial charge in [-0.25, -0.2) is 4.79 Å². The molecule has 0 aromatic heterocycles. The number of hydrogen-bond donors (Lipinski definition) is 4. The molecule has 2 saturated heterocycles. The average Bonchev–Trinajstić information content (AvgIpc) is 3.33. The number of carbonyl (C=O) groups is 1. The summed E-state index contributed by atoms with van der Waals surface area (Å²) in [4.78, 5) is 9.25. The Morgan fingerprint density at radius 2 is 1.60 bits per heavy atom. The molecule has 0 aliphatic carbocycles. The third-order valence-corrected chi connectivity index (χ3v) is 2.01. The standard InChI is InChI=1S/C6H10O3.C3H8O3.C3H4O2/c1(5-3-8-5)7-2-6-4-9-6;4-1-3(6)2-5;1-2-3(4)5/h5-6H,1-4H2;3-6H,1-2H2;2H,1H2,(H,4,5). The highest BCUT2D eigenvalue weighted by molar-refractivity contribution is 5.78. The van der Waals surface area contributed by atoms with E-state index >= 15 is 0 Å². The first-order valence-electron chi connectivity index (χ1n) is 6.09. The van der Waals surface area contributed by atoms with Gasteiger partial charge in [0.2, 0.25) is 0 Å². The molecule has 8 nitrogen and oxygen atoms in total. The molecule has 0 spiro atoms. The maximum absolute atomic E-state index is 9.25. The topological polar surface area (TPSA) is 132 Å². The molecule has 2 unspecified atom stereocenters. The van der Waals surface area contributed by atoms with Crippen LogP contribution >= 0.6 is 0 Å². The van der Waals surface area contributed by atoms with Crippen LogP contribution in [0.2, 0.25) is 0 Å². The molecule has 0 amide bonds. The van der Waals surface area contributed by atoms with Gasteiger partial charge in [0.1, 0.15) is 18.3 Å². The Labute approximate surface area is 117 Å². The van der Waals surface area contributed by atoms with Gasteiger partial charge in [-0.3, -0.25) is 0 Å². The van der Waals surface area contributed by atoms with Crippen molar-refractivity contribution in [3.63, 3.8) is 0 Å². The van der Waals surface area contributed by atoms with Gasteiger partial charge in [0.05, 0.1) is 39.6 Å². The fraction of sp³-hybridized carbons (Fsp3) is 0.750. The molecule has 8 heteroatoms. The number of carboxylic acid groups (broad SMARTS) is 1. The van der Waals surface area contributed by atoms with Crippen LogP contribution in [-0.2, 0) is 19.0 Å². The molecule has 0 saturated carbocycles. The zero-order valence-electron chi connectivity index (χ0n) is 11.2. The number of aliphatic hydroxyl groups is 3. The van der Waals surface area contributed by atoms with Crippen molar-refractivity contribution < 1.29 is 39.4 Å². The maximum Gasteiger partial charge on any atom is 0.327 e. The van der Waals surface area contributed by atoms with Gasteiger partial charge < -0.3 is 34.6 Å². The van der Waals surface area contributed by atoms with Crippen molar-refractivity contribution in [2.24, 2.45) is 0 Å². The monoisotopic (exact) mass is 294 g/mol. The fourth-order valence-electron chi connectivity index (χ4n) is 0.717. The Bertz CT molecular complexity index is 246. The first kappa shape index (κ1) is 19.0. The average molecular weight is 294 g/mol. The van der Waals surface area contributed by atoms with Crippen LogP contribution in [0.15, 0.2) is 12.7 Å². The van der Waals surface area contributed by atoms with E-state index in [1.54, 1.807) is 0 Å². The van der Waals surface area contributed by atoms with Crippen molar-refractivity contribution in [1.29, 1.82) is 0 Å². The Morgan fingerprint density at radius 1 is 1.25 bits per heavy atom. The largest absolute Gasteiger partial charge is 0.478 e. The number of ether oxygens (including phenoxy) is 3. The van der Waals surface area contributed by atoms with Gasteiger partial charge in [-0.1, -0.05) is 6.58 Å². The summed E-state index contributed by atoms with van der Waals surface area (Å²) in [5.74, 6) is -0.981. The van der Waals surface area contributed by atoms with Crippen LogP contribution in [-0.4, -0.2) is 84.3 Å². The molecule has 0 radical (unpaired) electrons. The lowest BCUT2D eigenvalue weighted by molar-refractivity contribution is -0.131. The Hall–Kier alpha value is -1.03. The minimum Gasteiger partial charge on any atom is -0.478 e. The van der Waals surface area contributed by atoms with E-state index in [1.807, 2.05) is 0 Å². The van der Waals surface area contributed by atoms with Crippen molar-refractivity contribution in [2.45, 2.75) is 18.3 Å². The quantitative estimate of drug-likeness (QED) is 0.326. The highest BCUT2D eigenvalue weighted by Crippen LogP contribution is 2.12. The van der Waals surface area contributed by atoms with E-state index in [2.05, 4.69) is 6.58 Å². The summed E-state index contributed by atoms with van der Waals surface area (Å²) in [5.41, 5.74) is 0. The summed E-state index contributed by atoms with van der Waals surface area (Å²) in [5, 5.41) is 31.6. The van der Waals surface area contributed by atoms with E-state index in [1.165, 1.54) is 0 Å². The second kappa shape index (κ2) is 11.8. The smallest absolute Gasteiger partial charge is 0.327 e. The van der Waals surface area contributed by atoms with Gasteiger partial charge in [0.15, 0.2) is 0 Å². The fourth-order valence-corrected chi connectivity index (χ4v) is 0.717. The highest BCUT2D eigenvalue weighted by Gasteiger charge is 2.26. The third kappa shape index (κ3) is 15.0. The van der Waals surface area contributed by atoms with Crippen molar-refractivity contribution in [3.05, 3.63) is 12.7 Å². The van der Waals surface area contributed by atoms with Crippen molar-refractivity contribution in [1.82, 2.24) is 0 Å². The maximum atomic E-state index is 9.25. The molecule has 2 aliphatic rings. The lowest BCUT2D eigenvalue weighted by Crippen LogP contribution is -2.15. The summed E-state index contributed by atoms with van der Waals surface area (Å²) in [6, 6.07) is 0. The molecule has 0 aromatic rings. The minimum atomic E-state index is -0.981. The summed E-state index contributed by atoms with van der Waals surface area (Å²) in [6.07, 6.45) is 0.664. The lowest BCUT2D eigenvalue weighted by Gasteiger charge is -1.96. The second-order valence-corrected chi connectivity index (χ2v) is 4.01. The Balaban J connectivity index is 0.000000291. The zero-order chi connectivity index (χ0) is 15.4. The first-order chi connectivity index (χ1) is 9.53. The highest BCUT2D eigenvalue weighted by atomic mass is 16.6. The Morgan fingerprint density at radius 3 is 1.75 bits per heavy atom. The van der Waals surface area contributed by atoms with E-state index in [4.69, 9.17) is 34.6 Å². The van der Waals surface area contributed by atoms with Gasteiger partial charge in [0, 0.05) is 6.08 Å². The summed E-state index contributed by atoms with van der Waals surface area (Å²) in [6.45, 7) is 5.49. The van der Waals surface area contributed by atoms with Gasteiger partial charge in [-0.05, 0) is 0 Å². The second-order valence-electron chi connectivity index (χ2n) is 4.01. The number of carboxylic acids is 1. The molecule has 2 atom stereocenters. The normalized spacial score (nSPS) is 22.0. The van der Waals surface area contributed by atoms with Crippen LogP contribution in [0.3, 0.4) is 0 Å². The van der Waals surface area contributed by atoms with Crippen LogP contribution in [0.4, 0.5) is 0 Å². The van der Waals surface area contributed by atoms with Gasteiger partial charge in [-0.2, -0.15) is 0 Å². The van der Waals surface area contributed by atoms with E-state index in [0.717, 1.165) is 32.5 Å². The lowest BCUT2D eigenvalue weighted by atomic mass is 10.4. The zero-order valence-corrected chi connectivity index (χ0v) is 11.2. The number of hydrogen-bond acceptors (Lipinski definition) is 7. The number of epoxide rings is 2. The van der Waals surface area contributed by atoms with E-state index < -0.39 is 12.1 Å². The van der Waals surface area contributed by atoms with Crippen LogP contribution in [0.25, 0.3) is 0 Å². The predicted octanol–water partition coefficient (Wildman–Crippen LogP) is -1.61. The van der Waals surface area contributed by atoms with Crippen LogP contribution in [0.1, 0.15) is 0 Å². The molecule has 20 heavy (non-hydrogen) atoms. The summed E-state index contributed by atoms with van der Waals surface area (Å²) >= 11 is 0. The van der Waals surface area contributed by atoms with Crippen molar-refractivity contribution in [2.75, 3.05) is 39.6 Å². The molecule has 0 aromatic carbocycles. The first-order valence-corrected chi connectivity index (χ1v) is 6.09. The predicted molar refractivity (Wildman–Crippen MR) is 68.3 cm³/mol. The number of aliphatic hydroxyl groups excluding tert-OH is 3. The Kier molecular flexibility index (Phi) is 11.2. The molecule has 2 aliphatic heterocycles. The third-order valence-electron chi connectivity index (χ3n) is 2.01. The number of rotatable bonds is 7. The van der Waals surface area contributed by atoms with Crippen LogP contribution < -0.4 is 0 Å². The minimum absolute atomic E-state index is 0.365. The molecule has 2 fully saturated rings. The van der Waals surface area contributed by atoms with Crippen LogP contribution in [0.5, 0.6) is 0 Å². The summed E-state index contributed by atoms with van der Waals surface area (Å²) in [7, 11) is 0. The molecule has 2 rings (SSSR count). The molecular weight excluding hydrogens is 272 g/mol. The van der Waals surface area contributed by atoms with Gasteiger partial charge in [0.25, 0.3) is 0 Å². The molecule has 0 bridgehead atoms. The van der Waals surface area contributed by atoms with Gasteiger partial charge in [-0.15, -0.1) is 0 Å². The molecule has 2 heterocycles.